The van der Waals surface area contributed by atoms with Crippen molar-refractivity contribution >= 4 is 0 Å². The standard InChI is InChI=1S/C12H18F2N2O/c1-8(17-2)7-16-12(6-15)9-3-4-10(13)11(14)5-9/h3-5,8,12,16H,6-7,15H2,1-2H3. The van der Waals surface area contributed by atoms with Crippen molar-refractivity contribution in [1.29, 1.82) is 0 Å². The summed E-state index contributed by atoms with van der Waals surface area (Å²) in [5.74, 6) is -1.71. The minimum absolute atomic E-state index is 0.0364. The molecule has 1 rings (SSSR count). The molecule has 3 N–H and O–H groups in total. The average Bonchev–Trinajstić information content (AvgIpc) is 2.33. The lowest BCUT2D eigenvalue weighted by Crippen LogP contribution is -2.34. The van der Waals surface area contributed by atoms with E-state index in [4.69, 9.17) is 10.5 Å². The van der Waals surface area contributed by atoms with Gasteiger partial charge in [-0.3, -0.25) is 0 Å². The van der Waals surface area contributed by atoms with E-state index in [1.165, 1.54) is 6.07 Å². The molecule has 5 heteroatoms. The molecule has 0 aliphatic carbocycles. The van der Waals surface area contributed by atoms with Crippen molar-refractivity contribution in [3.05, 3.63) is 35.4 Å². The first-order valence-electron chi connectivity index (χ1n) is 5.49. The number of halogens is 2. The maximum Gasteiger partial charge on any atom is 0.159 e. The van der Waals surface area contributed by atoms with Crippen LogP contribution in [0.3, 0.4) is 0 Å². The Balaban J connectivity index is 2.69. The van der Waals surface area contributed by atoms with Crippen molar-refractivity contribution < 1.29 is 13.5 Å². The van der Waals surface area contributed by atoms with Gasteiger partial charge in [0.15, 0.2) is 11.6 Å². The quantitative estimate of drug-likeness (QED) is 0.799. The van der Waals surface area contributed by atoms with Gasteiger partial charge in [0.25, 0.3) is 0 Å². The van der Waals surface area contributed by atoms with Gasteiger partial charge in [-0.25, -0.2) is 8.78 Å². The van der Waals surface area contributed by atoms with E-state index in [2.05, 4.69) is 5.32 Å². The molecule has 0 amide bonds. The molecule has 96 valence electrons. The molecule has 0 aromatic heterocycles. The van der Waals surface area contributed by atoms with Gasteiger partial charge in [-0.05, 0) is 24.6 Å². The second-order valence-electron chi connectivity index (χ2n) is 3.92. The number of ether oxygens (including phenoxy) is 1. The minimum Gasteiger partial charge on any atom is -0.380 e. The Morgan fingerprint density at radius 2 is 2.06 bits per heavy atom. The Labute approximate surface area is 100.0 Å². The topological polar surface area (TPSA) is 47.3 Å². The van der Waals surface area contributed by atoms with Crippen LogP contribution in [-0.4, -0.2) is 26.3 Å². The van der Waals surface area contributed by atoms with Crippen LogP contribution in [0, 0.1) is 11.6 Å². The van der Waals surface area contributed by atoms with Gasteiger partial charge in [0.05, 0.1) is 6.10 Å². The van der Waals surface area contributed by atoms with Crippen LogP contribution in [0.1, 0.15) is 18.5 Å². The van der Waals surface area contributed by atoms with Crippen LogP contribution in [0.2, 0.25) is 0 Å². The SMILES string of the molecule is COC(C)CNC(CN)c1ccc(F)c(F)c1. The van der Waals surface area contributed by atoms with E-state index >= 15 is 0 Å². The van der Waals surface area contributed by atoms with Crippen molar-refractivity contribution in [3.8, 4) is 0 Å². The van der Waals surface area contributed by atoms with E-state index in [9.17, 15) is 8.78 Å². The number of rotatable bonds is 6. The molecule has 0 heterocycles. The fourth-order valence-electron chi connectivity index (χ4n) is 1.46. The first-order valence-corrected chi connectivity index (χ1v) is 5.49. The first kappa shape index (κ1) is 14.0. The Hall–Kier alpha value is -1.04. The van der Waals surface area contributed by atoms with Crippen LogP contribution >= 0.6 is 0 Å². The molecule has 0 saturated carbocycles. The molecule has 2 unspecified atom stereocenters. The maximum absolute atomic E-state index is 13.1. The molecule has 1 aromatic carbocycles. The normalized spacial score (nSPS) is 14.6. The molecule has 0 aliphatic rings. The zero-order valence-electron chi connectivity index (χ0n) is 10.0. The highest BCUT2D eigenvalue weighted by molar-refractivity contribution is 5.21. The lowest BCUT2D eigenvalue weighted by Gasteiger charge is -2.19. The van der Waals surface area contributed by atoms with Crippen LogP contribution in [0.5, 0.6) is 0 Å². The molecular weight excluding hydrogens is 226 g/mol. The third kappa shape index (κ3) is 4.03. The Kier molecular flexibility index (Phi) is 5.47. The smallest absolute Gasteiger partial charge is 0.159 e. The Morgan fingerprint density at radius 1 is 1.35 bits per heavy atom. The van der Waals surface area contributed by atoms with Gasteiger partial charge in [0, 0.05) is 26.2 Å². The number of nitrogens with two attached hydrogens (primary N) is 1. The molecule has 0 saturated heterocycles. The third-order valence-electron chi connectivity index (χ3n) is 2.64. The minimum atomic E-state index is -0.859. The monoisotopic (exact) mass is 244 g/mol. The molecule has 0 fully saturated rings. The summed E-state index contributed by atoms with van der Waals surface area (Å²) in [5.41, 5.74) is 6.24. The Morgan fingerprint density at radius 3 is 2.59 bits per heavy atom. The highest BCUT2D eigenvalue weighted by atomic mass is 19.2. The largest absolute Gasteiger partial charge is 0.380 e. The van der Waals surface area contributed by atoms with Gasteiger partial charge >= 0.3 is 0 Å². The number of hydrogen-bond donors (Lipinski definition) is 2. The molecular formula is C12H18F2N2O. The highest BCUT2D eigenvalue weighted by Crippen LogP contribution is 2.15. The molecule has 0 bridgehead atoms. The molecule has 2 atom stereocenters. The van der Waals surface area contributed by atoms with Gasteiger partial charge in [-0.15, -0.1) is 0 Å². The first-order chi connectivity index (χ1) is 8.08. The van der Waals surface area contributed by atoms with Crippen molar-refractivity contribution in [3.63, 3.8) is 0 Å². The van der Waals surface area contributed by atoms with Crippen molar-refractivity contribution in [2.75, 3.05) is 20.2 Å². The molecule has 17 heavy (non-hydrogen) atoms. The Bertz CT molecular complexity index is 360. The number of nitrogens with one attached hydrogen (secondary N) is 1. The van der Waals surface area contributed by atoms with E-state index in [1.54, 1.807) is 7.11 Å². The van der Waals surface area contributed by atoms with Crippen LogP contribution < -0.4 is 11.1 Å². The highest BCUT2D eigenvalue weighted by Gasteiger charge is 2.12. The van der Waals surface area contributed by atoms with Gasteiger partial charge < -0.3 is 15.8 Å². The van der Waals surface area contributed by atoms with E-state index in [0.717, 1.165) is 12.1 Å². The van der Waals surface area contributed by atoms with Gasteiger partial charge in [0.2, 0.25) is 0 Å². The van der Waals surface area contributed by atoms with E-state index in [1.807, 2.05) is 6.92 Å². The van der Waals surface area contributed by atoms with Crippen molar-refractivity contribution in [2.24, 2.45) is 5.73 Å². The lowest BCUT2D eigenvalue weighted by molar-refractivity contribution is 0.114. The number of hydrogen-bond acceptors (Lipinski definition) is 3. The van der Waals surface area contributed by atoms with Gasteiger partial charge in [-0.2, -0.15) is 0 Å². The van der Waals surface area contributed by atoms with Crippen molar-refractivity contribution in [1.82, 2.24) is 5.32 Å². The average molecular weight is 244 g/mol. The molecule has 0 spiro atoms. The zero-order valence-corrected chi connectivity index (χ0v) is 10.0. The summed E-state index contributed by atoms with van der Waals surface area (Å²) < 4.78 is 30.9. The number of benzene rings is 1. The summed E-state index contributed by atoms with van der Waals surface area (Å²) >= 11 is 0. The van der Waals surface area contributed by atoms with E-state index in [0.29, 0.717) is 18.7 Å². The summed E-state index contributed by atoms with van der Waals surface area (Å²) in [4.78, 5) is 0. The number of methoxy groups -OCH3 is 1. The molecule has 3 nitrogen and oxygen atoms in total. The van der Waals surface area contributed by atoms with Crippen LogP contribution in [0.15, 0.2) is 18.2 Å². The fraction of sp³-hybridized carbons (Fsp3) is 0.500. The van der Waals surface area contributed by atoms with Crippen LogP contribution in [-0.2, 0) is 4.74 Å². The predicted octanol–water partition coefficient (Wildman–Crippen LogP) is 1.59. The lowest BCUT2D eigenvalue weighted by atomic mass is 10.1. The fourth-order valence-corrected chi connectivity index (χ4v) is 1.46. The van der Waals surface area contributed by atoms with Gasteiger partial charge in [-0.1, -0.05) is 6.07 Å². The second-order valence-corrected chi connectivity index (χ2v) is 3.92. The molecule has 0 aliphatic heterocycles. The van der Waals surface area contributed by atoms with Crippen molar-refractivity contribution in [2.45, 2.75) is 19.1 Å². The van der Waals surface area contributed by atoms with E-state index in [-0.39, 0.29) is 12.1 Å². The van der Waals surface area contributed by atoms with Crippen LogP contribution in [0.4, 0.5) is 8.78 Å². The second kappa shape index (κ2) is 6.64. The van der Waals surface area contributed by atoms with Crippen LogP contribution in [0.25, 0.3) is 0 Å². The molecule has 1 aromatic rings. The summed E-state index contributed by atoms with van der Waals surface area (Å²) in [7, 11) is 1.61. The summed E-state index contributed by atoms with van der Waals surface area (Å²) in [6.45, 7) is 2.81. The summed E-state index contributed by atoms with van der Waals surface area (Å²) in [6, 6.07) is 3.59. The predicted molar refractivity (Wildman–Crippen MR) is 62.6 cm³/mol. The third-order valence-corrected chi connectivity index (χ3v) is 2.64. The zero-order chi connectivity index (χ0) is 12.8. The molecule has 0 radical (unpaired) electrons. The van der Waals surface area contributed by atoms with E-state index < -0.39 is 11.6 Å². The summed E-state index contributed by atoms with van der Waals surface area (Å²) in [6.07, 6.45) is 0.0364. The summed E-state index contributed by atoms with van der Waals surface area (Å²) in [5, 5.41) is 3.14. The van der Waals surface area contributed by atoms with Gasteiger partial charge in [0.1, 0.15) is 0 Å². The maximum atomic E-state index is 13.1.